The van der Waals surface area contributed by atoms with Crippen LogP contribution < -0.4 is 10.5 Å². The second-order valence-corrected chi connectivity index (χ2v) is 10.4. The Morgan fingerprint density at radius 3 is 2.59 bits per heavy atom. The number of ether oxygens (including phenoxy) is 1. The summed E-state index contributed by atoms with van der Waals surface area (Å²) < 4.78 is 7.99. The van der Waals surface area contributed by atoms with Gasteiger partial charge in [0, 0.05) is 25.3 Å². The quantitative estimate of drug-likeness (QED) is 0.503. The van der Waals surface area contributed by atoms with Gasteiger partial charge in [-0.2, -0.15) is 0 Å². The predicted octanol–water partition coefficient (Wildman–Crippen LogP) is 3.45. The molecule has 2 atom stereocenters. The SMILES string of the molecule is CC1CN(c2nc3ccccn3c(=O)c2C=C2SC(=S)N(C3CCCC3)C2=O)CC(C)O1. The first-order valence-corrected chi connectivity index (χ1v) is 12.3. The third-order valence-electron chi connectivity index (χ3n) is 6.26. The van der Waals surface area contributed by atoms with Crippen molar-refractivity contribution in [3.8, 4) is 0 Å². The van der Waals surface area contributed by atoms with Gasteiger partial charge in [-0.1, -0.05) is 42.9 Å². The zero-order valence-electron chi connectivity index (χ0n) is 18.2. The summed E-state index contributed by atoms with van der Waals surface area (Å²) in [6.45, 7) is 5.29. The van der Waals surface area contributed by atoms with Crippen LogP contribution in [0.2, 0.25) is 0 Å². The maximum atomic E-state index is 13.5. The summed E-state index contributed by atoms with van der Waals surface area (Å²) in [6.07, 6.45) is 7.64. The molecular formula is C23H26N4O3S2. The fraction of sp³-hybridized carbons (Fsp3) is 0.478. The van der Waals surface area contributed by atoms with Crippen molar-refractivity contribution >= 4 is 51.7 Å². The van der Waals surface area contributed by atoms with E-state index in [-0.39, 0.29) is 29.7 Å². The lowest BCUT2D eigenvalue weighted by Crippen LogP contribution is -2.46. The fourth-order valence-corrected chi connectivity index (χ4v) is 6.28. The summed E-state index contributed by atoms with van der Waals surface area (Å²) in [5, 5.41) is 0. The highest BCUT2D eigenvalue weighted by Crippen LogP contribution is 2.38. The van der Waals surface area contributed by atoms with E-state index in [9.17, 15) is 9.59 Å². The lowest BCUT2D eigenvalue weighted by Gasteiger charge is -2.36. The number of aromatic nitrogens is 2. The normalized spacial score (nSPS) is 26.1. The topological polar surface area (TPSA) is 67.2 Å². The number of carbonyl (C=O) groups is 1. The minimum absolute atomic E-state index is 0.0169. The molecule has 168 valence electrons. The Labute approximate surface area is 196 Å². The van der Waals surface area contributed by atoms with Crippen molar-refractivity contribution in [2.75, 3.05) is 18.0 Å². The molecule has 3 fully saturated rings. The van der Waals surface area contributed by atoms with Crippen molar-refractivity contribution in [3.63, 3.8) is 0 Å². The van der Waals surface area contributed by atoms with E-state index in [0.29, 0.717) is 39.3 Å². The highest BCUT2D eigenvalue weighted by Gasteiger charge is 2.38. The molecule has 0 spiro atoms. The maximum absolute atomic E-state index is 13.5. The second kappa shape index (κ2) is 8.61. The van der Waals surface area contributed by atoms with Crippen LogP contribution in [0.15, 0.2) is 34.1 Å². The van der Waals surface area contributed by atoms with E-state index in [1.54, 1.807) is 23.2 Å². The number of hydrogen-bond donors (Lipinski definition) is 0. The van der Waals surface area contributed by atoms with Gasteiger partial charge in [0.25, 0.3) is 11.5 Å². The number of thiocarbonyl (C=S) groups is 1. The number of pyridine rings is 1. The van der Waals surface area contributed by atoms with Crippen LogP contribution in [0.5, 0.6) is 0 Å². The molecule has 4 heterocycles. The van der Waals surface area contributed by atoms with Gasteiger partial charge in [-0.25, -0.2) is 4.98 Å². The Hall–Kier alpha value is -2.23. The van der Waals surface area contributed by atoms with E-state index in [2.05, 4.69) is 4.90 Å². The predicted molar refractivity (Wildman–Crippen MR) is 131 cm³/mol. The number of morpholine rings is 1. The molecule has 1 amide bonds. The lowest BCUT2D eigenvalue weighted by atomic mass is 10.1. The van der Waals surface area contributed by atoms with Gasteiger partial charge < -0.3 is 9.64 Å². The summed E-state index contributed by atoms with van der Waals surface area (Å²) in [5.41, 5.74) is 0.806. The van der Waals surface area contributed by atoms with Crippen LogP contribution >= 0.6 is 24.0 Å². The van der Waals surface area contributed by atoms with E-state index in [1.807, 2.05) is 26.0 Å². The van der Waals surface area contributed by atoms with E-state index in [4.69, 9.17) is 21.9 Å². The molecular weight excluding hydrogens is 444 g/mol. The summed E-state index contributed by atoms with van der Waals surface area (Å²) >= 11 is 6.83. The fourth-order valence-electron chi connectivity index (χ4n) is 4.90. The van der Waals surface area contributed by atoms with Gasteiger partial charge in [-0.05, 0) is 44.9 Å². The molecule has 7 nitrogen and oxygen atoms in total. The molecule has 0 radical (unpaired) electrons. The first-order chi connectivity index (χ1) is 15.4. The van der Waals surface area contributed by atoms with Crippen LogP contribution in [0.25, 0.3) is 11.7 Å². The monoisotopic (exact) mass is 470 g/mol. The lowest BCUT2D eigenvalue weighted by molar-refractivity contribution is -0.123. The van der Waals surface area contributed by atoms with Crippen molar-refractivity contribution in [2.24, 2.45) is 0 Å². The smallest absolute Gasteiger partial charge is 0.267 e. The number of nitrogens with zero attached hydrogens (tertiary/aromatic N) is 4. The van der Waals surface area contributed by atoms with Gasteiger partial charge in [-0.3, -0.25) is 18.9 Å². The second-order valence-electron chi connectivity index (χ2n) is 8.74. The van der Waals surface area contributed by atoms with Gasteiger partial charge in [0.2, 0.25) is 0 Å². The number of anilines is 1. The average molecular weight is 471 g/mol. The molecule has 1 aliphatic carbocycles. The molecule has 2 aromatic rings. The molecule has 3 aliphatic rings. The van der Waals surface area contributed by atoms with Gasteiger partial charge in [0.15, 0.2) is 0 Å². The van der Waals surface area contributed by atoms with Gasteiger partial charge in [-0.15, -0.1) is 0 Å². The molecule has 5 rings (SSSR count). The molecule has 2 aromatic heterocycles. The Morgan fingerprint density at radius 2 is 1.88 bits per heavy atom. The first-order valence-electron chi connectivity index (χ1n) is 11.1. The van der Waals surface area contributed by atoms with Crippen molar-refractivity contribution < 1.29 is 9.53 Å². The van der Waals surface area contributed by atoms with Crippen molar-refractivity contribution in [3.05, 3.63) is 45.2 Å². The average Bonchev–Trinajstić information content (AvgIpc) is 3.37. The van der Waals surface area contributed by atoms with Crippen LogP contribution in [0.4, 0.5) is 5.82 Å². The molecule has 0 bridgehead atoms. The molecule has 2 saturated heterocycles. The van der Waals surface area contributed by atoms with Gasteiger partial charge in [0.05, 0.1) is 22.7 Å². The van der Waals surface area contributed by atoms with Crippen molar-refractivity contribution in [2.45, 2.75) is 57.8 Å². The van der Waals surface area contributed by atoms with Crippen molar-refractivity contribution in [1.29, 1.82) is 0 Å². The molecule has 0 N–H and O–H groups in total. The molecule has 0 aromatic carbocycles. The van der Waals surface area contributed by atoms with E-state index in [1.165, 1.54) is 16.2 Å². The molecule has 9 heteroatoms. The molecule has 2 unspecified atom stereocenters. The van der Waals surface area contributed by atoms with E-state index >= 15 is 0 Å². The van der Waals surface area contributed by atoms with Crippen LogP contribution in [0.3, 0.4) is 0 Å². The number of thioether (sulfide) groups is 1. The van der Waals surface area contributed by atoms with Crippen LogP contribution in [0.1, 0.15) is 45.1 Å². The van der Waals surface area contributed by atoms with Gasteiger partial charge in [0.1, 0.15) is 15.8 Å². The van der Waals surface area contributed by atoms with Crippen LogP contribution in [-0.4, -0.2) is 55.9 Å². The number of fused-ring (bicyclic) bond motifs is 1. The molecule has 1 saturated carbocycles. The Bertz CT molecular complexity index is 1160. The van der Waals surface area contributed by atoms with Crippen LogP contribution in [0, 0.1) is 0 Å². The Morgan fingerprint density at radius 1 is 1.16 bits per heavy atom. The summed E-state index contributed by atoms with van der Waals surface area (Å²) in [6, 6.07) is 5.66. The number of carbonyl (C=O) groups excluding carboxylic acids is 1. The standard InChI is InChI=1S/C23H26N4O3S2/c1-14-12-25(13-15(2)30-14)20-17(21(28)26-10-6-5-9-19(26)24-20)11-18-22(29)27(23(31)32-18)16-7-3-4-8-16/h5-6,9-11,14-16H,3-4,7-8,12-13H2,1-2H3. The van der Waals surface area contributed by atoms with Crippen molar-refractivity contribution in [1.82, 2.24) is 14.3 Å². The summed E-state index contributed by atoms with van der Waals surface area (Å²) in [7, 11) is 0. The maximum Gasteiger partial charge on any atom is 0.267 e. The number of amides is 1. The highest BCUT2D eigenvalue weighted by atomic mass is 32.2. The first kappa shape index (κ1) is 21.6. The third-order valence-corrected chi connectivity index (χ3v) is 7.59. The van der Waals surface area contributed by atoms with Gasteiger partial charge >= 0.3 is 0 Å². The number of hydrogen-bond acceptors (Lipinski definition) is 7. The zero-order valence-corrected chi connectivity index (χ0v) is 19.8. The Kier molecular flexibility index (Phi) is 5.81. The zero-order chi connectivity index (χ0) is 22.4. The third kappa shape index (κ3) is 3.86. The van der Waals surface area contributed by atoms with E-state index < -0.39 is 0 Å². The highest BCUT2D eigenvalue weighted by molar-refractivity contribution is 8.26. The summed E-state index contributed by atoms with van der Waals surface area (Å²) in [4.78, 5) is 36.0. The minimum Gasteiger partial charge on any atom is -0.372 e. The number of rotatable bonds is 3. The largest absolute Gasteiger partial charge is 0.372 e. The Balaban J connectivity index is 1.61. The van der Waals surface area contributed by atoms with Crippen LogP contribution in [-0.2, 0) is 9.53 Å². The summed E-state index contributed by atoms with van der Waals surface area (Å²) in [5.74, 6) is 0.494. The minimum atomic E-state index is -0.191. The molecule has 32 heavy (non-hydrogen) atoms. The molecule has 2 aliphatic heterocycles. The van der Waals surface area contributed by atoms with E-state index in [0.717, 1.165) is 25.7 Å².